The van der Waals surface area contributed by atoms with Crippen LogP contribution in [0.1, 0.15) is 19.3 Å². The molecule has 4 heterocycles. The van der Waals surface area contributed by atoms with Gasteiger partial charge in [-0.05, 0) is 37.9 Å². The molecule has 2 aliphatic rings. The third-order valence-corrected chi connectivity index (χ3v) is 9.44. The van der Waals surface area contributed by atoms with E-state index in [-0.39, 0.29) is 6.04 Å². The standard InChI is InChI=1S/C26H29N5O4S/c32-26-28-22-8-3-9-23(25(22)35-26)30-15-13-29(14-16-30)12-10-20-6-4-11-31(20)36(33,34)24-18-27-17-19-5-1-2-7-21(19)24/h1-3,5,7-9,17-18,20H,4,6,10-16H2,(H,28,32). The predicted octanol–water partition coefficient (Wildman–Crippen LogP) is 3.03. The Kier molecular flexibility index (Phi) is 6.02. The maximum atomic E-state index is 13.7. The van der Waals surface area contributed by atoms with E-state index in [0.717, 1.165) is 68.4 Å². The smallest absolute Gasteiger partial charge is 0.406 e. The van der Waals surface area contributed by atoms with Crippen molar-refractivity contribution < 1.29 is 12.8 Å². The molecule has 6 rings (SSSR count). The minimum Gasteiger partial charge on any atom is -0.406 e. The van der Waals surface area contributed by atoms with Gasteiger partial charge in [0.05, 0.1) is 11.2 Å². The summed E-state index contributed by atoms with van der Waals surface area (Å²) in [4.78, 5) is 23.5. The monoisotopic (exact) mass is 507 g/mol. The summed E-state index contributed by atoms with van der Waals surface area (Å²) < 4.78 is 34.4. The first-order valence-corrected chi connectivity index (χ1v) is 13.9. The van der Waals surface area contributed by atoms with E-state index in [9.17, 15) is 13.2 Å². The lowest BCUT2D eigenvalue weighted by Crippen LogP contribution is -2.47. The number of benzene rings is 2. The summed E-state index contributed by atoms with van der Waals surface area (Å²) in [6.45, 7) is 4.79. The second kappa shape index (κ2) is 9.34. The number of nitrogens with one attached hydrogen (secondary N) is 1. The second-order valence-electron chi connectivity index (χ2n) is 9.56. The van der Waals surface area contributed by atoms with Gasteiger partial charge in [0.1, 0.15) is 4.90 Å². The summed E-state index contributed by atoms with van der Waals surface area (Å²) >= 11 is 0. The zero-order valence-corrected chi connectivity index (χ0v) is 20.8. The van der Waals surface area contributed by atoms with Gasteiger partial charge in [-0.1, -0.05) is 30.3 Å². The fourth-order valence-corrected chi connectivity index (χ4v) is 7.47. The molecule has 0 radical (unpaired) electrons. The molecule has 1 N–H and O–H groups in total. The van der Waals surface area contributed by atoms with Crippen molar-refractivity contribution in [1.82, 2.24) is 19.2 Å². The number of aromatic nitrogens is 2. The minimum absolute atomic E-state index is 0.00474. The average molecular weight is 508 g/mol. The molecule has 0 aliphatic carbocycles. The van der Waals surface area contributed by atoms with Crippen molar-refractivity contribution >= 4 is 37.6 Å². The van der Waals surface area contributed by atoms with Gasteiger partial charge < -0.3 is 9.32 Å². The van der Waals surface area contributed by atoms with Crippen LogP contribution < -0.4 is 10.7 Å². The highest BCUT2D eigenvalue weighted by molar-refractivity contribution is 7.89. The maximum absolute atomic E-state index is 13.7. The number of hydrogen-bond donors (Lipinski definition) is 1. The van der Waals surface area contributed by atoms with Gasteiger partial charge in [-0.3, -0.25) is 14.9 Å². The number of oxazole rings is 1. The van der Waals surface area contributed by atoms with E-state index < -0.39 is 15.8 Å². The summed E-state index contributed by atoms with van der Waals surface area (Å²) in [5.41, 5.74) is 2.25. The van der Waals surface area contributed by atoms with E-state index >= 15 is 0 Å². The van der Waals surface area contributed by atoms with E-state index in [0.29, 0.717) is 22.5 Å². The van der Waals surface area contributed by atoms with Gasteiger partial charge in [0.2, 0.25) is 10.0 Å². The number of nitrogens with zero attached hydrogens (tertiary/aromatic N) is 4. The molecule has 36 heavy (non-hydrogen) atoms. The number of rotatable bonds is 6. The molecule has 0 saturated carbocycles. The molecule has 2 saturated heterocycles. The zero-order valence-electron chi connectivity index (χ0n) is 20.0. The molecule has 0 amide bonds. The number of piperazine rings is 1. The Morgan fingerprint density at radius 3 is 2.69 bits per heavy atom. The number of aromatic amines is 1. The van der Waals surface area contributed by atoms with Gasteiger partial charge in [0.25, 0.3) is 0 Å². The Balaban J connectivity index is 1.11. The molecule has 1 atom stereocenters. The molecule has 0 bridgehead atoms. The molecule has 2 aliphatic heterocycles. The fraction of sp³-hybridized carbons (Fsp3) is 0.385. The molecule has 2 fully saturated rings. The molecular weight excluding hydrogens is 478 g/mol. The summed E-state index contributed by atoms with van der Waals surface area (Å²) in [6, 6.07) is 13.3. The summed E-state index contributed by atoms with van der Waals surface area (Å²) in [5.74, 6) is -0.438. The van der Waals surface area contributed by atoms with Crippen molar-refractivity contribution in [3.8, 4) is 0 Å². The molecule has 1 unspecified atom stereocenters. The number of fused-ring (bicyclic) bond motifs is 2. The third kappa shape index (κ3) is 4.19. The van der Waals surface area contributed by atoms with Crippen molar-refractivity contribution in [3.05, 3.63) is 65.4 Å². The van der Waals surface area contributed by atoms with E-state index in [2.05, 4.69) is 19.8 Å². The molecule has 10 heteroatoms. The molecule has 2 aromatic heterocycles. The maximum Gasteiger partial charge on any atom is 0.417 e. The van der Waals surface area contributed by atoms with E-state index in [1.54, 1.807) is 10.5 Å². The topological polar surface area (TPSA) is 103 Å². The number of para-hydroxylation sites is 1. The van der Waals surface area contributed by atoms with E-state index in [1.165, 1.54) is 6.20 Å². The second-order valence-corrected chi connectivity index (χ2v) is 11.4. The Labute approximate surface area is 209 Å². The largest absolute Gasteiger partial charge is 0.417 e. The van der Waals surface area contributed by atoms with Crippen molar-refractivity contribution in [1.29, 1.82) is 0 Å². The van der Waals surface area contributed by atoms with Crippen LogP contribution in [0.2, 0.25) is 0 Å². The molecule has 4 aromatic rings. The van der Waals surface area contributed by atoms with Gasteiger partial charge >= 0.3 is 5.76 Å². The lowest BCUT2D eigenvalue weighted by atomic mass is 10.1. The Morgan fingerprint density at radius 1 is 1.00 bits per heavy atom. The summed E-state index contributed by atoms with van der Waals surface area (Å²) in [6.07, 6.45) is 5.76. The normalized spacial score (nSPS) is 20.0. The van der Waals surface area contributed by atoms with Gasteiger partial charge in [-0.2, -0.15) is 4.31 Å². The summed E-state index contributed by atoms with van der Waals surface area (Å²) in [7, 11) is -3.63. The average Bonchev–Trinajstić information content (AvgIpc) is 3.53. The van der Waals surface area contributed by atoms with Crippen LogP contribution in [-0.4, -0.2) is 72.9 Å². The first-order chi connectivity index (χ1) is 17.5. The number of hydrogen-bond acceptors (Lipinski definition) is 7. The number of H-pyrrole nitrogens is 1. The van der Waals surface area contributed by atoms with E-state index in [1.807, 2.05) is 42.5 Å². The van der Waals surface area contributed by atoms with Crippen LogP contribution in [0.25, 0.3) is 21.9 Å². The Morgan fingerprint density at radius 2 is 1.83 bits per heavy atom. The lowest BCUT2D eigenvalue weighted by molar-refractivity contribution is 0.232. The van der Waals surface area contributed by atoms with Gasteiger partial charge in [0, 0.05) is 61.9 Å². The minimum atomic E-state index is -3.63. The zero-order chi connectivity index (χ0) is 24.7. The quantitative estimate of drug-likeness (QED) is 0.428. The fourth-order valence-electron chi connectivity index (χ4n) is 5.59. The Bertz CT molecular complexity index is 1550. The van der Waals surface area contributed by atoms with Crippen LogP contribution in [0.5, 0.6) is 0 Å². The summed E-state index contributed by atoms with van der Waals surface area (Å²) in [5, 5.41) is 1.56. The van der Waals surface area contributed by atoms with Gasteiger partial charge in [-0.25, -0.2) is 13.2 Å². The third-order valence-electron chi connectivity index (χ3n) is 7.46. The van der Waals surface area contributed by atoms with Crippen molar-refractivity contribution in [2.45, 2.75) is 30.2 Å². The molecule has 9 nitrogen and oxygen atoms in total. The highest BCUT2D eigenvalue weighted by Crippen LogP contribution is 2.32. The van der Waals surface area contributed by atoms with Crippen LogP contribution in [0, 0.1) is 0 Å². The number of pyridine rings is 1. The lowest BCUT2D eigenvalue weighted by Gasteiger charge is -2.36. The SMILES string of the molecule is O=c1[nH]c2cccc(N3CCN(CCC4CCCN4S(=O)(=O)c4cncc5ccccc45)CC3)c2o1. The number of sulfonamides is 1. The van der Waals surface area contributed by atoms with Crippen LogP contribution in [0.3, 0.4) is 0 Å². The van der Waals surface area contributed by atoms with Crippen molar-refractivity contribution in [3.63, 3.8) is 0 Å². The molecule has 0 spiro atoms. The molecule has 188 valence electrons. The van der Waals surface area contributed by atoms with Gasteiger partial charge in [0.15, 0.2) is 5.58 Å². The van der Waals surface area contributed by atoms with Crippen molar-refractivity contribution in [2.75, 3.05) is 44.2 Å². The number of anilines is 1. The Hall–Kier alpha value is -3.21. The van der Waals surface area contributed by atoms with Crippen LogP contribution in [0.4, 0.5) is 5.69 Å². The molecule has 2 aromatic carbocycles. The van der Waals surface area contributed by atoms with E-state index in [4.69, 9.17) is 4.42 Å². The predicted molar refractivity (Wildman–Crippen MR) is 139 cm³/mol. The first kappa shape index (κ1) is 23.2. The highest BCUT2D eigenvalue weighted by atomic mass is 32.2. The van der Waals surface area contributed by atoms with Gasteiger partial charge in [-0.15, -0.1) is 0 Å². The molecular formula is C26H29N5O4S. The first-order valence-electron chi connectivity index (χ1n) is 12.4. The van der Waals surface area contributed by atoms with Crippen LogP contribution >= 0.6 is 0 Å². The van der Waals surface area contributed by atoms with Crippen LogP contribution in [-0.2, 0) is 10.0 Å². The highest BCUT2D eigenvalue weighted by Gasteiger charge is 2.36. The van der Waals surface area contributed by atoms with Crippen molar-refractivity contribution in [2.24, 2.45) is 0 Å². The van der Waals surface area contributed by atoms with Crippen LogP contribution in [0.15, 0.2) is 69.0 Å².